The van der Waals surface area contributed by atoms with E-state index in [0.717, 1.165) is 5.76 Å². The van der Waals surface area contributed by atoms with Crippen molar-refractivity contribution in [2.45, 2.75) is 18.7 Å². The van der Waals surface area contributed by atoms with Crippen LogP contribution in [0.1, 0.15) is 24.3 Å². The Labute approximate surface area is 167 Å². The topological polar surface area (TPSA) is 89.8 Å². The summed E-state index contributed by atoms with van der Waals surface area (Å²) in [7, 11) is 1.55. The van der Waals surface area contributed by atoms with Crippen LogP contribution in [0.25, 0.3) is 0 Å². The van der Waals surface area contributed by atoms with Crippen molar-refractivity contribution in [2.75, 3.05) is 19.5 Å². The van der Waals surface area contributed by atoms with Crippen LogP contribution in [0.4, 0.5) is 4.79 Å². The van der Waals surface area contributed by atoms with Crippen molar-refractivity contribution in [1.29, 1.82) is 0 Å². The van der Waals surface area contributed by atoms with Crippen molar-refractivity contribution in [1.82, 2.24) is 10.6 Å². The Hall–Kier alpha value is -2.87. The smallest absolute Gasteiger partial charge is 0.338 e. The molecule has 8 heteroatoms. The zero-order valence-corrected chi connectivity index (χ0v) is 16.5. The lowest BCUT2D eigenvalue weighted by molar-refractivity contribution is -0.139. The summed E-state index contributed by atoms with van der Waals surface area (Å²) in [5.41, 5.74) is 1.59. The zero-order valence-electron chi connectivity index (χ0n) is 15.7. The third kappa shape index (κ3) is 4.51. The number of nitrogens with one attached hydrogen (secondary N) is 2. The molecule has 0 aliphatic carbocycles. The van der Waals surface area contributed by atoms with Gasteiger partial charge < -0.3 is 24.5 Å². The van der Waals surface area contributed by atoms with E-state index in [1.54, 1.807) is 26.4 Å². The summed E-state index contributed by atoms with van der Waals surface area (Å²) in [6.07, 6.45) is 1.61. The molecule has 7 nitrogen and oxygen atoms in total. The molecule has 1 aliphatic heterocycles. The Morgan fingerprint density at radius 2 is 2.04 bits per heavy atom. The van der Waals surface area contributed by atoms with Crippen LogP contribution in [0, 0.1) is 0 Å². The number of rotatable bonds is 8. The molecule has 2 heterocycles. The molecule has 28 heavy (non-hydrogen) atoms. The van der Waals surface area contributed by atoms with Gasteiger partial charge in [-0.15, -0.1) is 11.8 Å². The van der Waals surface area contributed by atoms with Crippen LogP contribution in [0.2, 0.25) is 0 Å². The van der Waals surface area contributed by atoms with Crippen LogP contribution in [0.15, 0.2) is 58.3 Å². The average molecular weight is 402 g/mol. The first kappa shape index (κ1) is 19.9. The highest BCUT2D eigenvalue weighted by atomic mass is 32.2. The van der Waals surface area contributed by atoms with Crippen LogP contribution in [0.3, 0.4) is 0 Å². The van der Waals surface area contributed by atoms with Gasteiger partial charge in [-0.2, -0.15) is 0 Å². The number of para-hydroxylation sites is 1. The number of furan rings is 1. The highest BCUT2D eigenvalue weighted by Crippen LogP contribution is 2.34. The SMILES string of the molecule is CCOC(=O)C1=C(CSCc2ccco2)NC(=O)N[C@H]1c1ccccc1OC. The lowest BCUT2D eigenvalue weighted by Gasteiger charge is -2.30. The van der Waals surface area contributed by atoms with Gasteiger partial charge in [-0.05, 0) is 25.1 Å². The number of methoxy groups -OCH3 is 1. The number of urea groups is 1. The predicted octanol–water partition coefficient (Wildman–Crippen LogP) is 3.39. The number of ether oxygens (including phenoxy) is 2. The second kappa shape index (κ2) is 9.36. The van der Waals surface area contributed by atoms with Gasteiger partial charge in [-0.3, -0.25) is 0 Å². The van der Waals surface area contributed by atoms with Crippen LogP contribution >= 0.6 is 11.8 Å². The molecule has 1 aromatic heterocycles. The Balaban J connectivity index is 1.94. The normalized spacial score (nSPS) is 16.4. The lowest BCUT2D eigenvalue weighted by Crippen LogP contribution is -2.46. The second-order valence-electron chi connectivity index (χ2n) is 5.96. The fraction of sp³-hybridized carbons (Fsp3) is 0.300. The van der Waals surface area contributed by atoms with E-state index in [2.05, 4.69) is 10.6 Å². The van der Waals surface area contributed by atoms with Gasteiger partial charge in [0.15, 0.2) is 0 Å². The van der Waals surface area contributed by atoms with E-state index in [1.807, 2.05) is 30.3 Å². The maximum Gasteiger partial charge on any atom is 0.338 e. The Morgan fingerprint density at radius 3 is 2.75 bits per heavy atom. The minimum absolute atomic E-state index is 0.238. The molecule has 1 aromatic carbocycles. The second-order valence-corrected chi connectivity index (χ2v) is 6.94. The fourth-order valence-corrected chi connectivity index (χ4v) is 3.87. The van der Waals surface area contributed by atoms with E-state index in [1.165, 1.54) is 11.8 Å². The Morgan fingerprint density at radius 1 is 1.21 bits per heavy atom. The van der Waals surface area contributed by atoms with Crippen molar-refractivity contribution < 1.29 is 23.5 Å². The first-order valence-electron chi connectivity index (χ1n) is 8.84. The van der Waals surface area contributed by atoms with Crippen LogP contribution in [-0.2, 0) is 15.3 Å². The number of esters is 1. The maximum atomic E-state index is 12.8. The molecule has 0 bridgehead atoms. The molecule has 0 unspecified atom stereocenters. The number of hydrogen-bond acceptors (Lipinski definition) is 6. The first-order chi connectivity index (χ1) is 13.6. The van der Waals surface area contributed by atoms with Crippen molar-refractivity contribution in [3.63, 3.8) is 0 Å². The fourth-order valence-electron chi connectivity index (χ4n) is 2.97. The Kier molecular flexibility index (Phi) is 6.65. The monoisotopic (exact) mass is 402 g/mol. The molecule has 0 saturated carbocycles. The number of hydrogen-bond donors (Lipinski definition) is 2. The van der Waals surface area contributed by atoms with Gasteiger partial charge in [-0.1, -0.05) is 18.2 Å². The summed E-state index contributed by atoms with van der Waals surface area (Å²) in [6.45, 7) is 1.98. The van der Waals surface area contributed by atoms with Gasteiger partial charge >= 0.3 is 12.0 Å². The maximum absolute atomic E-state index is 12.8. The molecule has 2 N–H and O–H groups in total. The third-order valence-electron chi connectivity index (χ3n) is 4.17. The van der Waals surface area contributed by atoms with Gasteiger partial charge in [0, 0.05) is 17.0 Å². The summed E-state index contributed by atoms with van der Waals surface area (Å²) in [5, 5.41) is 5.57. The highest BCUT2D eigenvalue weighted by Gasteiger charge is 2.35. The summed E-state index contributed by atoms with van der Waals surface area (Å²) < 4.78 is 16.0. The molecule has 0 fully saturated rings. The van der Waals surface area contributed by atoms with Crippen molar-refractivity contribution in [2.24, 2.45) is 0 Å². The summed E-state index contributed by atoms with van der Waals surface area (Å²) >= 11 is 1.53. The summed E-state index contributed by atoms with van der Waals surface area (Å²) in [4.78, 5) is 25.0. The zero-order chi connectivity index (χ0) is 19.9. The summed E-state index contributed by atoms with van der Waals surface area (Å²) in [5.74, 6) is 1.98. The van der Waals surface area contributed by atoms with Gasteiger partial charge in [0.05, 0.1) is 37.3 Å². The highest BCUT2D eigenvalue weighted by molar-refractivity contribution is 7.98. The average Bonchev–Trinajstić information content (AvgIpc) is 3.21. The van der Waals surface area contributed by atoms with E-state index < -0.39 is 12.0 Å². The molecule has 0 saturated heterocycles. The molecule has 1 aliphatic rings. The van der Waals surface area contributed by atoms with E-state index >= 15 is 0 Å². The minimum Gasteiger partial charge on any atom is -0.496 e. The molecule has 2 aromatic rings. The molecule has 0 radical (unpaired) electrons. The van der Waals surface area contributed by atoms with Crippen LogP contribution < -0.4 is 15.4 Å². The quantitative estimate of drug-likeness (QED) is 0.658. The molecular formula is C20H22N2O5S. The van der Waals surface area contributed by atoms with E-state index in [4.69, 9.17) is 13.9 Å². The molecular weight excluding hydrogens is 380 g/mol. The third-order valence-corrected chi connectivity index (χ3v) is 5.15. The number of carbonyl (C=O) groups excluding carboxylic acids is 2. The standard InChI is InChI=1S/C20H22N2O5S/c1-3-26-19(23)17-15(12-28-11-13-7-6-10-27-13)21-20(24)22-18(17)14-8-4-5-9-16(14)25-2/h4-10,18H,3,11-12H2,1-2H3,(H2,21,22,24)/t18-/m0/s1. The predicted molar refractivity (Wildman–Crippen MR) is 106 cm³/mol. The van der Waals surface area contributed by atoms with Gasteiger partial charge in [0.1, 0.15) is 11.5 Å². The van der Waals surface area contributed by atoms with Crippen LogP contribution in [-0.4, -0.2) is 31.5 Å². The van der Waals surface area contributed by atoms with Gasteiger partial charge in [-0.25, -0.2) is 9.59 Å². The summed E-state index contributed by atoms with van der Waals surface area (Å²) in [6, 6.07) is 9.94. The molecule has 2 amide bonds. The number of thioether (sulfide) groups is 1. The largest absolute Gasteiger partial charge is 0.496 e. The van der Waals surface area contributed by atoms with E-state index in [0.29, 0.717) is 34.1 Å². The van der Waals surface area contributed by atoms with E-state index in [-0.39, 0.29) is 12.6 Å². The lowest BCUT2D eigenvalue weighted by atomic mass is 9.95. The van der Waals surface area contributed by atoms with Gasteiger partial charge in [0.25, 0.3) is 0 Å². The number of carbonyl (C=O) groups is 2. The minimum atomic E-state index is -0.664. The molecule has 0 spiro atoms. The number of benzene rings is 1. The Bertz CT molecular complexity index is 863. The van der Waals surface area contributed by atoms with Crippen molar-refractivity contribution in [3.05, 3.63) is 65.3 Å². The number of amides is 2. The molecule has 3 rings (SSSR count). The van der Waals surface area contributed by atoms with Crippen molar-refractivity contribution >= 4 is 23.8 Å². The van der Waals surface area contributed by atoms with E-state index in [9.17, 15) is 9.59 Å². The van der Waals surface area contributed by atoms with Crippen LogP contribution in [0.5, 0.6) is 5.75 Å². The molecule has 1 atom stereocenters. The van der Waals surface area contributed by atoms with Gasteiger partial charge in [0.2, 0.25) is 0 Å². The van der Waals surface area contributed by atoms with Crippen molar-refractivity contribution in [3.8, 4) is 5.75 Å². The first-order valence-corrected chi connectivity index (χ1v) is 10.00. The molecule has 148 valence electrons.